The number of piperidine rings is 1. The lowest BCUT2D eigenvalue weighted by Gasteiger charge is -2.32. The van der Waals surface area contributed by atoms with Gasteiger partial charge in [0.05, 0.1) is 12.6 Å². The number of amides is 1. The van der Waals surface area contributed by atoms with Gasteiger partial charge in [0.25, 0.3) is 0 Å². The average molecular weight is 354 g/mol. The summed E-state index contributed by atoms with van der Waals surface area (Å²) in [5.74, 6) is 0.537. The van der Waals surface area contributed by atoms with Crippen LogP contribution in [-0.2, 0) is 18.3 Å². The number of aromatic nitrogens is 3. The van der Waals surface area contributed by atoms with E-state index in [0.717, 1.165) is 47.5 Å². The summed E-state index contributed by atoms with van der Waals surface area (Å²) in [5.41, 5.74) is 1.98. The minimum Gasteiger partial charge on any atom is -0.342 e. The number of nitrogens with zero attached hydrogens (tertiary/aromatic N) is 4. The maximum Gasteiger partial charge on any atom is 0.227 e. The molecule has 1 atom stereocenters. The molecule has 0 aromatic carbocycles. The third-order valence-corrected chi connectivity index (χ3v) is 5.92. The van der Waals surface area contributed by atoms with E-state index in [2.05, 4.69) is 36.3 Å². The van der Waals surface area contributed by atoms with Gasteiger partial charge >= 0.3 is 0 Å². The summed E-state index contributed by atoms with van der Waals surface area (Å²) in [6.07, 6.45) is 4.47. The molecule has 0 spiro atoms. The molecule has 1 saturated heterocycles. The summed E-state index contributed by atoms with van der Waals surface area (Å²) in [4.78, 5) is 21.9. The lowest BCUT2D eigenvalue weighted by atomic mass is 9.94. The number of rotatable bonds is 3. The van der Waals surface area contributed by atoms with Gasteiger partial charge < -0.3 is 4.90 Å². The predicted octanol–water partition coefficient (Wildman–Crippen LogP) is 3.29. The number of fused-ring (bicyclic) bond motifs is 1. The SMILES string of the molecule is Cc1ccc(CC(=O)N2CCC[C@@H](c3ccc4cnn(C)c4n3)C2)s1. The minimum atomic E-state index is 0.230. The molecule has 1 fully saturated rings. The Labute approximate surface area is 151 Å². The molecule has 5 nitrogen and oxygen atoms in total. The Morgan fingerprint density at radius 1 is 1.32 bits per heavy atom. The van der Waals surface area contributed by atoms with E-state index in [9.17, 15) is 4.79 Å². The summed E-state index contributed by atoms with van der Waals surface area (Å²) >= 11 is 1.71. The van der Waals surface area contributed by atoms with Gasteiger partial charge in [-0.05, 0) is 44.0 Å². The summed E-state index contributed by atoms with van der Waals surface area (Å²) in [7, 11) is 1.92. The van der Waals surface area contributed by atoms with Crippen molar-refractivity contribution in [3.63, 3.8) is 0 Å². The third kappa shape index (κ3) is 3.31. The molecule has 3 aromatic rings. The molecule has 130 valence electrons. The van der Waals surface area contributed by atoms with Crippen LogP contribution in [0.25, 0.3) is 11.0 Å². The Morgan fingerprint density at radius 3 is 3.00 bits per heavy atom. The Morgan fingerprint density at radius 2 is 2.20 bits per heavy atom. The van der Waals surface area contributed by atoms with E-state index in [1.807, 2.05) is 22.8 Å². The van der Waals surface area contributed by atoms with Crippen molar-refractivity contribution in [2.24, 2.45) is 7.05 Å². The first-order chi connectivity index (χ1) is 12.1. The number of hydrogen-bond acceptors (Lipinski definition) is 4. The molecule has 4 heterocycles. The third-order valence-electron chi connectivity index (χ3n) is 4.92. The zero-order valence-electron chi connectivity index (χ0n) is 14.6. The number of likely N-dealkylation sites (tertiary alicyclic amines) is 1. The van der Waals surface area contributed by atoms with Crippen LogP contribution in [0.1, 0.15) is 34.2 Å². The van der Waals surface area contributed by atoms with E-state index in [1.165, 1.54) is 4.88 Å². The fraction of sp³-hybridized carbons (Fsp3) is 0.421. The van der Waals surface area contributed by atoms with E-state index in [1.54, 1.807) is 11.3 Å². The Balaban J connectivity index is 1.49. The van der Waals surface area contributed by atoms with Crippen LogP contribution in [0.15, 0.2) is 30.5 Å². The summed E-state index contributed by atoms with van der Waals surface area (Å²) in [5, 5.41) is 5.32. The van der Waals surface area contributed by atoms with Gasteiger partial charge in [0.2, 0.25) is 5.91 Å². The van der Waals surface area contributed by atoms with Crippen LogP contribution >= 0.6 is 11.3 Å². The highest BCUT2D eigenvalue weighted by Crippen LogP contribution is 2.28. The fourth-order valence-corrected chi connectivity index (χ4v) is 4.43. The lowest BCUT2D eigenvalue weighted by molar-refractivity contribution is -0.131. The van der Waals surface area contributed by atoms with Crippen LogP contribution in [0.5, 0.6) is 0 Å². The smallest absolute Gasteiger partial charge is 0.227 e. The Bertz CT molecular complexity index is 913. The van der Waals surface area contributed by atoms with E-state index >= 15 is 0 Å². The van der Waals surface area contributed by atoms with E-state index in [0.29, 0.717) is 12.3 Å². The molecule has 3 aromatic heterocycles. The van der Waals surface area contributed by atoms with Gasteiger partial charge in [0.1, 0.15) is 0 Å². The van der Waals surface area contributed by atoms with Gasteiger partial charge in [-0.3, -0.25) is 9.48 Å². The highest BCUT2D eigenvalue weighted by atomic mass is 32.1. The summed E-state index contributed by atoms with van der Waals surface area (Å²) < 4.78 is 1.81. The van der Waals surface area contributed by atoms with Gasteiger partial charge in [-0.15, -0.1) is 11.3 Å². The van der Waals surface area contributed by atoms with Crippen molar-refractivity contribution < 1.29 is 4.79 Å². The fourth-order valence-electron chi connectivity index (χ4n) is 3.55. The molecule has 0 unspecified atom stereocenters. The molecule has 0 radical (unpaired) electrons. The van der Waals surface area contributed by atoms with Crippen molar-refractivity contribution in [2.75, 3.05) is 13.1 Å². The second kappa shape index (κ2) is 6.59. The molecular formula is C19H22N4OS. The molecule has 1 aliphatic heterocycles. The maximum absolute atomic E-state index is 12.7. The topological polar surface area (TPSA) is 51.0 Å². The number of thiophene rings is 1. The first-order valence-corrected chi connectivity index (χ1v) is 9.53. The molecule has 1 aliphatic rings. The molecule has 25 heavy (non-hydrogen) atoms. The second-order valence-corrected chi connectivity index (χ2v) is 8.16. The number of aryl methyl sites for hydroxylation is 2. The van der Waals surface area contributed by atoms with Crippen LogP contribution in [-0.4, -0.2) is 38.7 Å². The van der Waals surface area contributed by atoms with Crippen LogP contribution in [0.4, 0.5) is 0 Å². The lowest BCUT2D eigenvalue weighted by Crippen LogP contribution is -2.40. The number of carbonyl (C=O) groups is 1. The normalized spacial score (nSPS) is 18.0. The number of pyridine rings is 1. The van der Waals surface area contributed by atoms with Crippen LogP contribution in [0.2, 0.25) is 0 Å². The number of hydrogen-bond donors (Lipinski definition) is 0. The maximum atomic E-state index is 12.7. The van der Waals surface area contributed by atoms with Crippen molar-refractivity contribution in [2.45, 2.75) is 32.1 Å². The van der Waals surface area contributed by atoms with Gasteiger partial charge in [-0.25, -0.2) is 4.98 Å². The molecular weight excluding hydrogens is 332 g/mol. The van der Waals surface area contributed by atoms with E-state index in [-0.39, 0.29) is 5.91 Å². The van der Waals surface area contributed by atoms with E-state index in [4.69, 9.17) is 4.98 Å². The van der Waals surface area contributed by atoms with Crippen molar-refractivity contribution in [1.29, 1.82) is 0 Å². The Kier molecular flexibility index (Phi) is 4.29. The van der Waals surface area contributed by atoms with Crippen molar-refractivity contribution in [1.82, 2.24) is 19.7 Å². The predicted molar refractivity (Wildman–Crippen MR) is 99.8 cm³/mol. The molecule has 0 bridgehead atoms. The molecule has 1 amide bonds. The standard InChI is InChI=1S/C19H22N4OS/c1-13-5-7-16(25-13)10-18(24)23-9-3-4-15(12-23)17-8-6-14-11-20-22(2)19(14)21-17/h5-8,11,15H,3-4,9-10,12H2,1-2H3/t15-/m1/s1. The molecule has 4 rings (SSSR count). The van der Waals surface area contributed by atoms with Gasteiger partial charge in [0, 0.05) is 46.9 Å². The first kappa shape index (κ1) is 16.3. The highest BCUT2D eigenvalue weighted by molar-refractivity contribution is 7.12. The zero-order chi connectivity index (χ0) is 17.4. The first-order valence-electron chi connectivity index (χ1n) is 8.72. The van der Waals surface area contributed by atoms with E-state index < -0.39 is 0 Å². The quantitative estimate of drug-likeness (QED) is 0.725. The number of carbonyl (C=O) groups excluding carboxylic acids is 1. The minimum absolute atomic E-state index is 0.230. The molecule has 0 saturated carbocycles. The van der Waals surface area contributed by atoms with Crippen molar-refractivity contribution >= 4 is 28.3 Å². The van der Waals surface area contributed by atoms with Crippen molar-refractivity contribution in [3.05, 3.63) is 45.9 Å². The summed E-state index contributed by atoms with van der Waals surface area (Å²) in [6.45, 7) is 3.70. The molecule has 6 heteroatoms. The monoisotopic (exact) mass is 354 g/mol. The largest absolute Gasteiger partial charge is 0.342 e. The van der Waals surface area contributed by atoms with Gasteiger partial charge in [-0.1, -0.05) is 0 Å². The van der Waals surface area contributed by atoms with Gasteiger partial charge in [0.15, 0.2) is 5.65 Å². The van der Waals surface area contributed by atoms with Crippen molar-refractivity contribution in [3.8, 4) is 0 Å². The summed E-state index contributed by atoms with van der Waals surface area (Å²) in [6, 6.07) is 8.32. The highest BCUT2D eigenvalue weighted by Gasteiger charge is 2.26. The Hall–Kier alpha value is -2.21. The van der Waals surface area contributed by atoms with Gasteiger partial charge in [-0.2, -0.15) is 5.10 Å². The van der Waals surface area contributed by atoms with Crippen LogP contribution in [0, 0.1) is 6.92 Å². The second-order valence-electron chi connectivity index (χ2n) is 6.79. The van der Waals surface area contributed by atoms with Crippen LogP contribution in [0.3, 0.4) is 0 Å². The van der Waals surface area contributed by atoms with Crippen LogP contribution < -0.4 is 0 Å². The molecule has 0 aliphatic carbocycles. The zero-order valence-corrected chi connectivity index (χ0v) is 15.4. The average Bonchev–Trinajstić information content (AvgIpc) is 3.20. The molecule has 0 N–H and O–H groups in total.